The number of esters is 2. The van der Waals surface area contributed by atoms with E-state index in [1.54, 1.807) is 13.0 Å². The van der Waals surface area contributed by atoms with E-state index >= 15 is 0 Å². The van der Waals surface area contributed by atoms with Gasteiger partial charge in [0.05, 0.1) is 18.8 Å². The molecule has 0 N–H and O–H groups in total. The van der Waals surface area contributed by atoms with E-state index in [1.807, 2.05) is 43.3 Å². The predicted molar refractivity (Wildman–Crippen MR) is 118 cm³/mol. The number of aryl methyl sites for hydroxylation is 1. The maximum absolute atomic E-state index is 12.7. The van der Waals surface area contributed by atoms with E-state index in [0.29, 0.717) is 30.0 Å². The molecule has 31 heavy (non-hydrogen) atoms. The number of nitrogens with zero attached hydrogens (tertiary/aromatic N) is 3. The molecule has 7 heteroatoms. The van der Waals surface area contributed by atoms with E-state index in [-0.39, 0.29) is 5.97 Å². The molecule has 3 aromatic rings. The normalized spacial score (nSPS) is 10.8. The summed E-state index contributed by atoms with van der Waals surface area (Å²) in [5, 5.41) is 8.97. The van der Waals surface area contributed by atoms with E-state index in [4.69, 9.17) is 9.47 Å². The number of fused-ring (bicyclic) bond motifs is 1. The van der Waals surface area contributed by atoms with Crippen LogP contribution in [0.25, 0.3) is 16.7 Å². The summed E-state index contributed by atoms with van der Waals surface area (Å²) in [7, 11) is 0. The van der Waals surface area contributed by atoms with Crippen LogP contribution in [0.1, 0.15) is 48.5 Å². The van der Waals surface area contributed by atoms with Crippen LogP contribution >= 0.6 is 0 Å². The van der Waals surface area contributed by atoms with E-state index in [0.717, 1.165) is 42.3 Å². The zero-order valence-corrected chi connectivity index (χ0v) is 18.0. The SMILES string of the molecule is C=C(C)C(=O)OCCCCCCOC(=O)c1ccc(C)cc1-n1nc2ccccc2n1. The Kier molecular flexibility index (Phi) is 7.54. The number of rotatable bonds is 10. The number of carbonyl (C=O) groups excluding carboxylic acids is 2. The number of hydrogen-bond acceptors (Lipinski definition) is 6. The molecule has 0 saturated heterocycles. The zero-order valence-electron chi connectivity index (χ0n) is 18.0. The first-order chi connectivity index (χ1) is 15.0. The van der Waals surface area contributed by atoms with Gasteiger partial charge in [0.2, 0.25) is 0 Å². The van der Waals surface area contributed by atoms with Crippen molar-refractivity contribution < 1.29 is 19.1 Å². The first-order valence-corrected chi connectivity index (χ1v) is 10.4. The number of carbonyl (C=O) groups is 2. The van der Waals surface area contributed by atoms with E-state index in [2.05, 4.69) is 16.8 Å². The first kappa shape index (κ1) is 22.2. The van der Waals surface area contributed by atoms with Crippen LogP contribution in [0.3, 0.4) is 0 Å². The summed E-state index contributed by atoms with van der Waals surface area (Å²) in [5.41, 5.74) is 3.95. The number of benzene rings is 2. The van der Waals surface area contributed by atoms with Crippen LogP contribution in [-0.4, -0.2) is 40.1 Å². The number of unbranched alkanes of at least 4 members (excludes halogenated alkanes) is 3. The Bertz CT molecular complexity index is 1050. The van der Waals surface area contributed by atoms with Crippen LogP contribution in [-0.2, 0) is 14.3 Å². The highest BCUT2D eigenvalue weighted by atomic mass is 16.5. The van der Waals surface area contributed by atoms with Crippen molar-refractivity contribution in [1.82, 2.24) is 15.0 Å². The number of hydrogen-bond donors (Lipinski definition) is 0. The molecule has 0 saturated carbocycles. The van der Waals surface area contributed by atoms with Gasteiger partial charge in [-0.2, -0.15) is 0 Å². The molecule has 0 aliphatic rings. The molecule has 0 radical (unpaired) electrons. The lowest BCUT2D eigenvalue weighted by molar-refractivity contribution is -0.139. The predicted octanol–water partition coefficient (Wildman–Crippen LogP) is 4.57. The van der Waals surface area contributed by atoms with E-state index < -0.39 is 5.97 Å². The molecule has 7 nitrogen and oxygen atoms in total. The lowest BCUT2D eigenvalue weighted by Gasteiger charge is -2.10. The standard InChI is InChI=1S/C24H27N3O4/c1-17(2)23(28)30-14-8-4-5-9-15-31-24(29)19-13-12-18(3)16-22(19)27-25-20-10-6-7-11-21(20)26-27/h6-7,10-13,16H,1,4-5,8-9,14-15H2,2-3H3. The van der Waals surface area contributed by atoms with Gasteiger partial charge in [-0.25, -0.2) is 9.59 Å². The quantitative estimate of drug-likeness (QED) is 0.271. The zero-order chi connectivity index (χ0) is 22.2. The van der Waals surface area contributed by atoms with Crippen molar-refractivity contribution in [3.63, 3.8) is 0 Å². The highest BCUT2D eigenvalue weighted by Gasteiger charge is 2.17. The monoisotopic (exact) mass is 421 g/mol. The van der Waals surface area contributed by atoms with Gasteiger partial charge in [0, 0.05) is 5.57 Å². The summed E-state index contributed by atoms with van der Waals surface area (Å²) >= 11 is 0. The maximum atomic E-state index is 12.7. The second-order valence-electron chi connectivity index (χ2n) is 7.47. The molecule has 0 unspecified atom stereocenters. The van der Waals surface area contributed by atoms with Crippen molar-refractivity contribution in [2.75, 3.05) is 13.2 Å². The third-order valence-corrected chi connectivity index (χ3v) is 4.73. The van der Waals surface area contributed by atoms with E-state index in [1.165, 1.54) is 4.80 Å². The fraction of sp³-hybridized carbons (Fsp3) is 0.333. The minimum absolute atomic E-state index is 0.326. The van der Waals surface area contributed by atoms with Gasteiger partial charge in [-0.05, 0) is 69.4 Å². The summed E-state index contributed by atoms with van der Waals surface area (Å²) in [6.45, 7) is 7.83. The first-order valence-electron chi connectivity index (χ1n) is 10.4. The smallest absolute Gasteiger partial charge is 0.340 e. The van der Waals surface area contributed by atoms with Crippen LogP contribution in [0.15, 0.2) is 54.6 Å². The Morgan fingerprint density at radius 1 is 0.935 bits per heavy atom. The second-order valence-corrected chi connectivity index (χ2v) is 7.47. The minimum atomic E-state index is -0.397. The van der Waals surface area contributed by atoms with Gasteiger partial charge in [0.25, 0.3) is 0 Å². The fourth-order valence-corrected chi connectivity index (χ4v) is 3.04. The molecule has 0 atom stereocenters. The van der Waals surface area contributed by atoms with Crippen molar-refractivity contribution >= 4 is 23.0 Å². The largest absolute Gasteiger partial charge is 0.462 e. The second kappa shape index (κ2) is 10.5. The average Bonchev–Trinajstić information content (AvgIpc) is 3.19. The summed E-state index contributed by atoms with van der Waals surface area (Å²) < 4.78 is 10.5. The van der Waals surface area contributed by atoms with Gasteiger partial charge in [0.1, 0.15) is 16.7 Å². The molecule has 3 rings (SSSR count). The molecule has 0 spiro atoms. The van der Waals surface area contributed by atoms with Gasteiger partial charge in [-0.1, -0.05) is 24.8 Å². The van der Waals surface area contributed by atoms with Crippen molar-refractivity contribution in [3.05, 3.63) is 65.7 Å². The Morgan fingerprint density at radius 3 is 2.16 bits per heavy atom. The molecule has 0 amide bonds. The summed E-state index contributed by atoms with van der Waals surface area (Å²) in [5.74, 6) is -0.755. The molecule has 0 aliphatic carbocycles. The third kappa shape index (κ3) is 6.01. The molecule has 1 heterocycles. The Morgan fingerprint density at radius 2 is 1.55 bits per heavy atom. The van der Waals surface area contributed by atoms with Crippen LogP contribution < -0.4 is 0 Å². The molecule has 1 aromatic heterocycles. The summed E-state index contributed by atoms with van der Waals surface area (Å²) in [6, 6.07) is 13.1. The summed E-state index contributed by atoms with van der Waals surface area (Å²) in [6.07, 6.45) is 3.28. The highest BCUT2D eigenvalue weighted by molar-refractivity contribution is 5.93. The topological polar surface area (TPSA) is 83.3 Å². The van der Waals surface area contributed by atoms with Crippen molar-refractivity contribution in [2.45, 2.75) is 39.5 Å². The minimum Gasteiger partial charge on any atom is -0.462 e. The third-order valence-electron chi connectivity index (χ3n) is 4.73. The molecule has 162 valence electrons. The maximum Gasteiger partial charge on any atom is 0.340 e. The van der Waals surface area contributed by atoms with Crippen LogP contribution in [0.2, 0.25) is 0 Å². The van der Waals surface area contributed by atoms with Crippen LogP contribution in [0, 0.1) is 6.92 Å². The molecule has 0 fully saturated rings. The number of aromatic nitrogens is 3. The molecular formula is C24H27N3O4. The van der Waals surface area contributed by atoms with E-state index in [9.17, 15) is 9.59 Å². The lowest BCUT2D eigenvalue weighted by atomic mass is 10.1. The van der Waals surface area contributed by atoms with Crippen molar-refractivity contribution in [2.24, 2.45) is 0 Å². The fourth-order valence-electron chi connectivity index (χ4n) is 3.04. The van der Waals surface area contributed by atoms with Crippen molar-refractivity contribution in [1.29, 1.82) is 0 Å². The van der Waals surface area contributed by atoms with Gasteiger partial charge in [0.15, 0.2) is 0 Å². The molecular weight excluding hydrogens is 394 g/mol. The highest BCUT2D eigenvalue weighted by Crippen LogP contribution is 2.19. The lowest BCUT2D eigenvalue weighted by Crippen LogP contribution is -2.12. The molecule has 0 bridgehead atoms. The van der Waals surface area contributed by atoms with Gasteiger partial charge in [-0.15, -0.1) is 15.0 Å². The van der Waals surface area contributed by atoms with Gasteiger partial charge >= 0.3 is 11.9 Å². The van der Waals surface area contributed by atoms with Gasteiger partial charge in [-0.3, -0.25) is 0 Å². The molecule has 0 aliphatic heterocycles. The Hall–Kier alpha value is -3.48. The van der Waals surface area contributed by atoms with Crippen molar-refractivity contribution in [3.8, 4) is 5.69 Å². The summed E-state index contributed by atoms with van der Waals surface area (Å²) in [4.78, 5) is 25.5. The Balaban J connectivity index is 1.52. The average molecular weight is 421 g/mol. The molecule has 2 aromatic carbocycles. The Labute approximate surface area is 181 Å². The van der Waals surface area contributed by atoms with Crippen LogP contribution in [0.4, 0.5) is 0 Å². The van der Waals surface area contributed by atoms with Gasteiger partial charge < -0.3 is 9.47 Å². The van der Waals surface area contributed by atoms with Crippen LogP contribution in [0.5, 0.6) is 0 Å². The number of ether oxygens (including phenoxy) is 2.